The van der Waals surface area contributed by atoms with E-state index in [4.69, 9.17) is 14.2 Å². The van der Waals surface area contributed by atoms with Gasteiger partial charge in [-0.25, -0.2) is 0 Å². The van der Waals surface area contributed by atoms with E-state index in [0.717, 1.165) is 12.8 Å². The molecule has 0 saturated heterocycles. The highest BCUT2D eigenvalue weighted by molar-refractivity contribution is 4.89. The second kappa shape index (κ2) is 10.0. The normalized spacial score (nSPS) is 16.7. The minimum absolute atomic E-state index is 0.00140. The molecule has 0 bridgehead atoms. The van der Waals surface area contributed by atoms with Crippen LogP contribution in [-0.4, -0.2) is 46.8 Å². The van der Waals surface area contributed by atoms with E-state index < -0.39 is 5.60 Å². The highest BCUT2D eigenvalue weighted by Crippen LogP contribution is 2.39. The summed E-state index contributed by atoms with van der Waals surface area (Å²) in [6, 6.07) is 0. The number of ether oxygens (including phenoxy) is 3. The van der Waals surface area contributed by atoms with Gasteiger partial charge in [0.15, 0.2) is 0 Å². The maximum Gasteiger partial charge on any atom is 0.0678 e. The Morgan fingerprint density at radius 3 is 1.74 bits per heavy atom. The maximum atomic E-state index is 9.97. The fourth-order valence-electron chi connectivity index (χ4n) is 3.57. The Bertz CT molecular complexity index is 419. The van der Waals surface area contributed by atoms with E-state index in [2.05, 4.69) is 62.3 Å². The molecule has 0 spiro atoms. The predicted molar refractivity (Wildman–Crippen MR) is 114 cm³/mol. The highest BCUT2D eigenvalue weighted by atomic mass is 16.5. The van der Waals surface area contributed by atoms with E-state index in [1.54, 1.807) is 0 Å². The Labute approximate surface area is 169 Å². The van der Waals surface area contributed by atoms with Crippen molar-refractivity contribution in [1.29, 1.82) is 0 Å². The first-order valence-corrected chi connectivity index (χ1v) is 10.6. The lowest BCUT2D eigenvalue weighted by atomic mass is 9.73. The third-order valence-electron chi connectivity index (χ3n) is 5.41. The van der Waals surface area contributed by atoms with Crippen LogP contribution in [0.2, 0.25) is 0 Å². The lowest BCUT2D eigenvalue weighted by Gasteiger charge is -2.43. The van der Waals surface area contributed by atoms with Crippen molar-refractivity contribution in [3.63, 3.8) is 0 Å². The molecule has 2 unspecified atom stereocenters. The summed E-state index contributed by atoms with van der Waals surface area (Å²) in [5.41, 5.74) is -1.29. The van der Waals surface area contributed by atoms with E-state index in [0.29, 0.717) is 13.0 Å². The van der Waals surface area contributed by atoms with Crippen molar-refractivity contribution in [3.05, 3.63) is 0 Å². The first-order chi connectivity index (χ1) is 11.9. The predicted octanol–water partition coefficient (Wildman–Crippen LogP) is 5.75. The van der Waals surface area contributed by atoms with Gasteiger partial charge >= 0.3 is 0 Å². The van der Waals surface area contributed by atoms with Crippen molar-refractivity contribution >= 4 is 0 Å². The van der Waals surface area contributed by atoms with Crippen LogP contribution >= 0.6 is 0 Å². The lowest BCUT2D eigenvalue weighted by molar-refractivity contribution is -0.143. The quantitative estimate of drug-likeness (QED) is 0.436. The lowest BCUT2D eigenvalue weighted by Crippen LogP contribution is -2.45. The van der Waals surface area contributed by atoms with Gasteiger partial charge in [-0.15, -0.1) is 0 Å². The fraction of sp³-hybridized carbons (Fsp3) is 1.00. The van der Waals surface area contributed by atoms with Gasteiger partial charge in [0.25, 0.3) is 0 Å². The molecule has 0 aliphatic rings. The average Bonchev–Trinajstić information content (AvgIpc) is 2.31. The van der Waals surface area contributed by atoms with Crippen LogP contribution in [0.1, 0.15) is 102 Å². The van der Waals surface area contributed by atoms with Gasteiger partial charge in [0.1, 0.15) is 0 Å². The smallest absolute Gasteiger partial charge is 0.0678 e. The van der Waals surface area contributed by atoms with Crippen LogP contribution in [0.25, 0.3) is 0 Å². The van der Waals surface area contributed by atoms with Crippen LogP contribution in [0.4, 0.5) is 0 Å². The van der Waals surface area contributed by atoms with Crippen molar-refractivity contribution in [2.45, 2.75) is 137 Å². The van der Waals surface area contributed by atoms with Gasteiger partial charge < -0.3 is 19.3 Å². The Morgan fingerprint density at radius 2 is 1.30 bits per heavy atom. The second-order valence-corrected chi connectivity index (χ2v) is 10.9. The van der Waals surface area contributed by atoms with Crippen molar-refractivity contribution in [2.75, 3.05) is 6.61 Å². The molecule has 164 valence electrons. The summed E-state index contributed by atoms with van der Waals surface area (Å²) in [6.07, 6.45) is 2.80. The molecule has 0 aliphatic heterocycles. The minimum atomic E-state index is -0.716. The van der Waals surface area contributed by atoms with Crippen molar-refractivity contribution < 1.29 is 19.3 Å². The fourth-order valence-corrected chi connectivity index (χ4v) is 3.57. The SMILES string of the molecule is CC(C)OC(C)CC(C)(C)C(C)(C)OCCC(C)(C)OC(C)CC(C)(C)O. The summed E-state index contributed by atoms with van der Waals surface area (Å²) in [5.74, 6) is 0. The second-order valence-electron chi connectivity index (χ2n) is 10.9. The molecule has 4 heteroatoms. The van der Waals surface area contributed by atoms with Crippen LogP contribution in [-0.2, 0) is 14.2 Å². The number of hydrogen-bond acceptors (Lipinski definition) is 4. The van der Waals surface area contributed by atoms with Crippen LogP contribution in [0, 0.1) is 5.41 Å². The van der Waals surface area contributed by atoms with E-state index in [9.17, 15) is 5.11 Å². The largest absolute Gasteiger partial charge is 0.390 e. The molecule has 0 heterocycles. The molecule has 0 saturated carbocycles. The van der Waals surface area contributed by atoms with Crippen molar-refractivity contribution in [2.24, 2.45) is 5.41 Å². The molecule has 0 aliphatic carbocycles. The summed E-state index contributed by atoms with van der Waals surface area (Å²) >= 11 is 0. The maximum absolute atomic E-state index is 9.97. The van der Waals surface area contributed by atoms with Crippen LogP contribution in [0.5, 0.6) is 0 Å². The highest BCUT2D eigenvalue weighted by Gasteiger charge is 2.39. The van der Waals surface area contributed by atoms with Gasteiger partial charge in [0.2, 0.25) is 0 Å². The Hall–Kier alpha value is -0.160. The Morgan fingerprint density at radius 1 is 0.778 bits per heavy atom. The van der Waals surface area contributed by atoms with Gasteiger partial charge in [-0.1, -0.05) is 13.8 Å². The molecule has 2 atom stereocenters. The Kier molecular flexibility index (Phi) is 9.99. The van der Waals surface area contributed by atoms with E-state index in [1.165, 1.54) is 0 Å². The summed E-state index contributed by atoms with van der Waals surface area (Å²) in [7, 11) is 0. The minimum Gasteiger partial charge on any atom is -0.390 e. The molecule has 0 rings (SSSR count). The zero-order chi connectivity index (χ0) is 21.7. The molecule has 1 N–H and O–H groups in total. The summed E-state index contributed by atoms with van der Waals surface area (Å²) < 4.78 is 18.4. The molecule has 4 nitrogen and oxygen atoms in total. The van der Waals surface area contributed by atoms with Crippen LogP contribution in [0.15, 0.2) is 0 Å². The monoisotopic (exact) mass is 388 g/mol. The van der Waals surface area contributed by atoms with Gasteiger partial charge in [0, 0.05) is 6.42 Å². The molecular weight excluding hydrogens is 340 g/mol. The van der Waals surface area contributed by atoms with Gasteiger partial charge in [-0.3, -0.25) is 0 Å². The molecule has 27 heavy (non-hydrogen) atoms. The van der Waals surface area contributed by atoms with E-state index >= 15 is 0 Å². The van der Waals surface area contributed by atoms with Gasteiger partial charge in [0.05, 0.1) is 41.7 Å². The van der Waals surface area contributed by atoms with Crippen molar-refractivity contribution in [3.8, 4) is 0 Å². The van der Waals surface area contributed by atoms with Gasteiger partial charge in [-0.2, -0.15) is 0 Å². The molecule has 0 radical (unpaired) electrons. The standard InChI is InChI=1S/C23H48O4/c1-17(2)26-18(3)15-20(5,6)23(11,12)25-14-13-22(9,10)27-19(4)16-21(7,8)24/h17-19,24H,13-16H2,1-12H3. The molecule has 0 fully saturated rings. The molecular formula is C23H48O4. The van der Waals surface area contributed by atoms with Crippen molar-refractivity contribution in [1.82, 2.24) is 0 Å². The number of hydrogen-bond donors (Lipinski definition) is 1. The topological polar surface area (TPSA) is 47.9 Å². The van der Waals surface area contributed by atoms with Gasteiger partial charge in [-0.05, 0) is 87.5 Å². The first-order valence-electron chi connectivity index (χ1n) is 10.6. The van der Waals surface area contributed by atoms with Crippen LogP contribution < -0.4 is 0 Å². The summed E-state index contributed by atoms with van der Waals surface area (Å²) in [6.45, 7) is 25.6. The number of aliphatic hydroxyl groups is 1. The van der Waals surface area contributed by atoms with E-state index in [1.807, 2.05) is 20.8 Å². The summed E-state index contributed by atoms with van der Waals surface area (Å²) in [4.78, 5) is 0. The molecule has 0 amide bonds. The van der Waals surface area contributed by atoms with Crippen LogP contribution in [0.3, 0.4) is 0 Å². The molecule has 0 aromatic rings. The third-order valence-corrected chi connectivity index (χ3v) is 5.41. The third kappa shape index (κ3) is 11.4. The zero-order valence-electron chi connectivity index (χ0n) is 20.2. The molecule has 0 aromatic heterocycles. The summed E-state index contributed by atoms with van der Waals surface area (Å²) in [5, 5.41) is 9.97. The van der Waals surface area contributed by atoms with E-state index in [-0.39, 0.29) is 34.9 Å². The number of rotatable bonds is 13. The Balaban J connectivity index is 4.61. The molecule has 0 aromatic carbocycles. The first kappa shape index (κ1) is 26.8. The average molecular weight is 389 g/mol. The zero-order valence-corrected chi connectivity index (χ0v) is 20.2.